The van der Waals surface area contributed by atoms with Gasteiger partial charge in [-0.3, -0.25) is 14.1 Å². The summed E-state index contributed by atoms with van der Waals surface area (Å²) in [4.78, 5) is 35.2. The molecule has 41 heavy (non-hydrogen) atoms. The van der Waals surface area contributed by atoms with Crippen LogP contribution in [-0.2, 0) is 11.3 Å². The molecule has 1 aliphatic rings. The van der Waals surface area contributed by atoms with Crippen molar-refractivity contribution in [3.63, 3.8) is 0 Å². The van der Waals surface area contributed by atoms with Gasteiger partial charge in [0.2, 0.25) is 0 Å². The van der Waals surface area contributed by atoms with E-state index in [9.17, 15) is 19.6 Å². The Morgan fingerprint density at radius 1 is 1.12 bits per heavy atom. The maximum atomic E-state index is 13.0. The molecule has 0 aliphatic carbocycles. The Morgan fingerprint density at radius 3 is 2.54 bits per heavy atom. The molecule has 0 radical (unpaired) electrons. The molecule has 0 atom stereocenters. The number of nitrogens with one attached hydrogen (secondary N) is 1. The van der Waals surface area contributed by atoms with Crippen LogP contribution in [0.2, 0.25) is 5.02 Å². The molecule has 0 unspecified atom stereocenters. The average Bonchev–Trinajstić information content (AvgIpc) is 3.50. The highest BCUT2D eigenvalue weighted by Crippen LogP contribution is 2.30. The first-order chi connectivity index (χ1) is 19.5. The molecule has 3 N–H and O–H groups in total. The summed E-state index contributed by atoms with van der Waals surface area (Å²) in [6, 6.07) is 11.7. The second-order valence-electron chi connectivity index (χ2n) is 10.9. The number of benzene rings is 2. The lowest BCUT2D eigenvalue weighted by molar-refractivity contribution is 0.0138. The van der Waals surface area contributed by atoms with E-state index in [1.54, 1.807) is 22.3 Å². The van der Waals surface area contributed by atoms with Crippen molar-refractivity contribution in [3.8, 4) is 11.3 Å². The Bertz CT molecular complexity index is 1580. The minimum Gasteiger partial charge on any atom is -0.444 e. The van der Waals surface area contributed by atoms with Crippen LogP contribution < -0.4 is 10.8 Å². The first kappa shape index (κ1) is 29.1. The van der Waals surface area contributed by atoms with Gasteiger partial charge in [0.05, 0.1) is 22.0 Å². The number of fused-ring (bicyclic) bond motifs is 1. The highest BCUT2D eigenvalue weighted by molar-refractivity contribution is 7.15. The van der Waals surface area contributed by atoms with E-state index in [-0.39, 0.29) is 22.1 Å². The first-order valence-corrected chi connectivity index (χ1v) is 14.5. The van der Waals surface area contributed by atoms with Crippen LogP contribution in [0.5, 0.6) is 0 Å². The fraction of sp³-hybridized carbons (Fsp3) is 0.321. The van der Waals surface area contributed by atoms with Crippen molar-refractivity contribution >= 4 is 58.2 Å². The number of aromatic nitrogens is 2. The lowest BCUT2D eigenvalue weighted by Gasteiger charge is -2.35. The van der Waals surface area contributed by atoms with Gasteiger partial charge in [0.15, 0.2) is 4.96 Å². The van der Waals surface area contributed by atoms with Crippen LogP contribution in [0.4, 0.5) is 10.5 Å². The number of nitrogens with zero attached hydrogens (tertiary/aromatic N) is 4. The van der Waals surface area contributed by atoms with Gasteiger partial charge >= 0.3 is 13.2 Å². The van der Waals surface area contributed by atoms with Crippen LogP contribution in [0.25, 0.3) is 16.2 Å². The zero-order valence-electron chi connectivity index (χ0n) is 23.0. The Hall–Kier alpha value is -3.42. The third-order valence-corrected chi connectivity index (χ3v) is 7.88. The van der Waals surface area contributed by atoms with E-state index >= 15 is 0 Å². The van der Waals surface area contributed by atoms with Gasteiger partial charge in [-0.15, -0.1) is 11.3 Å². The third-order valence-electron chi connectivity index (χ3n) is 6.68. The summed E-state index contributed by atoms with van der Waals surface area (Å²) in [5.41, 5.74) is 3.04. The van der Waals surface area contributed by atoms with E-state index in [4.69, 9.17) is 21.3 Å². The molecule has 0 saturated carbocycles. The topological polar surface area (TPSA) is 120 Å². The van der Waals surface area contributed by atoms with Crippen LogP contribution in [0.1, 0.15) is 36.8 Å². The van der Waals surface area contributed by atoms with Crippen LogP contribution in [0.15, 0.2) is 54.0 Å². The third kappa shape index (κ3) is 6.74. The van der Waals surface area contributed by atoms with Gasteiger partial charge < -0.3 is 25.0 Å². The Labute approximate surface area is 247 Å². The second-order valence-corrected chi connectivity index (χ2v) is 12.1. The van der Waals surface area contributed by atoms with Crippen molar-refractivity contribution in [1.29, 1.82) is 0 Å². The summed E-state index contributed by atoms with van der Waals surface area (Å²) in [7, 11) is -1.67. The lowest BCUT2D eigenvalue weighted by Crippen LogP contribution is -2.49. The van der Waals surface area contributed by atoms with E-state index in [1.165, 1.54) is 18.2 Å². The van der Waals surface area contributed by atoms with Crippen molar-refractivity contribution in [1.82, 2.24) is 19.2 Å². The maximum absolute atomic E-state index is 13.0. The molecule has 5 rings (SSSR count). The number of piperazine rings is 1. The summed E-state index contributed by atoms with van der Waals surface area (Å²) in [6.45, 7) is 9.03. The largest absolute Gasteiger partial charge is 0.488 e. The zero-order valence-corrected chi connectivity index (χ0v) is 24.6. The number of anilines is 1. The molecular formula is C28H31BClN5O5S. The first-order valence-electron chi connectivity index (χ1n) is 13.2. The predicted molar refractivity (Wildman–Crippen MR) is 161 cm³/mol. The van der Waals surface area contributed by atoms with E-state index < -0.39 is 18.6 Å². The highest BCUT2D eigenvalue weighted by atomic mass is 35.5. The molecule has 2 aromatic carbocycles. The minimum atomic E-state index is -1.67. The van der Waals surface area contributed by atoms with Gasteiger partial charge in [-0.05, 0) is 44.4 Å². The van der Waals surface area contributed by atoms with Crippen LogP contribution >= 0.6 is 22.9 Å². The molecule has 3 heterocycles. The number of amides is 2. The monoisotopic (exact) mass is 595 g/mol. The van der Waals surface area contributed by atoms with Gasteiger partial charge in [0.1, 0.15) is 5.60 Å². The molecule has 1 aliphatic heterocycles. The normalized spacial score (nSPS) is 14.3. The van der Waals surface area contributed by atoms with E-state index in [0.29, 0.717) is 31.0 Å². The molecule has 1 saturated heterocycles. The quantitative estimate of drug-likeness (QED) is 0.291. The molecule has 0 bridgehead atoms. The minimum absolute atomic E-state index is 0.115. The maximum Gasteiger partial charge on any atom is 0.488 e. The zero-order chi connectivity index (χ0) is 29.3. The highest BCUT2D eigenvalue weighted by Gasteiger charge is 2.26. The van der Waals surface area contributed by atoms with E-state index in [0.717, 1.165) is 29.3 Å². The molecule has 13 heteroatoms. The number of imidazole rings is 1. The summed E-state index contributed by atoms with van der Waals surface area (Å²) >= 11 is 7.80. The van der Waals surface area contributed by atoms with Gasteiger partial charge in [0, 0.05) is 55.6 Å². The fourth-order valence-electron chi connectivity index (χ4n) is 4.60. The molecule has 2 amide bonds. The van der Waals surface area contributed by atoms with Gasteiger partial charge in [-0.1, -0.05) is 35.9 Å². The summed E-state index contributed by atoms with van der Waals surface area (Å²) in [6.07, 6.45) is 1.69. The Kier molecular flexibility index (Phi) is 8.39. The Balaban J connectivity index is 1.29. The number of carbonyl (C=O) groups excluding carboxylic acids is 2. The summed E-state index contributed by atoms with van der Waals surface area (Å²) < 4.78 is 7.57. The molecule has 1 fully saturated rings. The number of hydrogen-bond donors (Lipinski definition) is 3. The van der Waals surface area contributed by atoms with Crippen molar-refractivity contribution in [3.05, 3.63) is 70.3 Å². The van der Waals surface area contributed by atoms with Gasteiger partial charge in [0.25, 0.3) is 5.91 Å². The number of ether oxygens (including phenoxy) is 1. The van der Waals surface area contributed by atoms with Crippen molar-refractivity contribution in [2.45, 2.75) is 32.9 Å². The van der Waals surface area contributed by atoms with Crippen LogP contribution in [0, 0.1) is 0 Å². The number of para-hydroxylation sites is 1. The standard InChI is InChI=1S/C28H31BClN5O5S/c1-28(2,3)40-27(37)34-12-10-33(11-13-34)15-19-17-41-26-32-24(16-35(19)26)21-6-4-5-7-23(21)31-25(36)20-9-8-18(29(38)39)14-22(20)30/h4-9,14,16-17,38-39H,10-13,15H2,1-3H3,(H,31,36). The SMILES string of the molecule is CC(C)(C)OC(=O)N1CCN(Cc2csc3nc(-c4ccccc4NC(=O)c4ccc(B(O)O)cc4Cl)cn23)CC1. The number of hydrogen-bond acceptors (Lipinski definition) is 8. The Morgan fingerprint density at radius 2 is 1.85 bits per heavy atom. The number of thiazole rings is 1. The van der Waals surface area contributed by atoms with Crippen molar-refractivity contribution in [2.75, 3.05) is 31.5 Å². The molecule has 4 aromatic rings. The van der Waals surface area contributed by atoms with E-state index in [1.807, 2.05) is 45.2 Å². The lowest BCUT2D eigenvalue weighted by atomic mass is 9.80. The molecule has 214 valence electrons. The summed E-state index contributed by atoms with van der Waals surface area (Å²) in [5, 5.41) is 23.8. The second kappa shape index (κ2) is 11.8. The predicted octanol–water partition coefficient (Wildman–Crippen LogP) is 3.70. The van der Waals surface area contributed by atoms with Gasteiger partial charge in [-0.2, -0.15) is 0 Å². The molecule has 2 aromatic heterocycles. The van der Waals surface area contributed by atoms with Crippen molar-refractivity contribution < 1.29 is 24.4 Å². The van der Waals surface area contributed by atoms with Crippen molar-refractivity contribution in [2.24, 2.45) is 0 Å². The van der Waals surface area contributed by atoms with Crippen LogP contribution in [-0.4, -0.2) is 80.1 Å². The van der Waals surface area contributed by atoms with E-state index in [2.05, 4.69) is 20.0 Å². The average molecular weight is 596 g/mol. The number of carbonyl (C=O) groups is 2. The summed E-state index contributed by atoms with van der Waals surface area (Å²) in [5.74, 6) is -0.423. The van der Waals surface area contributed by atoms with Crippen LogP contribution in [0.3, 0.4) is 0 Å². The number of rotatable bonds is 6. The smallest absolute Gasteiger partial charge is 0.444 e. The fourth-order valence-corrected chi connectivity index (χ4v) is 5.74. The molecule has 0 spiro atoms. The molecule has 10 nitrogen and oxygen atoms in total. The number of halogens is 1. The molecular weight excluding hydrogens is 565 g/mol. The van der Waals surface area contributed by atoms with Gasteiger partial charge in [-0.25, -0.2) is 9.78 Å².